The molecule has 1 heterocycles. The molecule has 0 N–H and O–H groups in total. The van der Waals surface area contributed by atoms with E-state index in [4.69, 9.17) is 4.42 Å². The third kappa shape index (κ3) is 3.11. The fraction of sp³-hybridized carbons (Fsp3) is 0.583. The highest BCUT2D eigenvalue weighted by Gasteiger charge is 2.24. The molecule has 1 saturated carbocycles. The molecule has 0 unspecified atom stereocenters. The first-order chi connectivity index (χ1) is 7.25. The Morgan fingerprint density at radius 3 is 3.00 bits per heavy atom. The van der Waals surface area contributed by atoms with Gasteiger partial charge in [0, 0.05) is 26.4 Å². The number of hydrogen-bond donors (Lipinski definition) is 0. The lowest BCUT2D eigenvalue weighted by molar-refractivity contribution is -0.130. The maximum Gasteiger partial charge on any atom is 0.222 e. The van der Waals surface area contributed by atoms with Crippen molar-refractivity contribution in [2.24, 2.45) is 5.92 Å². The van der Waals surface area contributed by atoms with Gasteiger partial charge in [0.05, 0.1) is 6.26 Å². The van der Waals surface area contributed by atoms with Gasteiger partial charge in [0.15, 0.2) is 0 Å². The second-order valence-electron chi connectivity index (χ2n) is 4.30. The van der Waals surface area contributed by atoms with Crippen LogP contribution in [0.5, 0.6) is 0 Å². The average Bonchev–Trinajstić information content (AvgIpc) is 2.88. The van der Waals surface area contributed by atoms with E-state index in [2.05, 4.69) is 0 Å². The number of furan rings is 1. The molecule has 0 atom stereocenters. The number of hydrogen-bond acceptors (Lipinski definition) is 2. The van der Waals surface area contributed by atoms with Gasteiger partial charge in [-0.1, -0.05) is 0 Å². The smallest absolute Gasteiger partial charge is 0.222 e. The SMILES string of the molecule is CN(CC1CC1)C(=O)CCc1ccco1. The van der Waals surface area contributed by atoms with E-state index in [-0.39, 0.29) is 5.91 Å². The van der Waals surface area contributed by atoms with E-state index in [9.17, 15) is 4.79 Å². The molecule has 1 fully saturated rings. The van der Waals surface area contributed by atoms with Gasteiger partial charge in [0.25, 0.3) is 0 Å². The summed E-state index contributed by atoms with van der Waals surface area (Å²) >= 11 is 0. The van der Waals surface area contributed by atoms with E-state index >= 15 is 0 Å². The Labute approximate surface area is 90.1 Å². The number of amides is 1. The number of carbonyl (C=O) groups excluding carboxylic acids is 1. The van der Waals surface area contributed by atoms with Gasteiger partial charge in [-0.15, -0.1) is 0 Å². The summed E-state index contributed by atoms with van der Waals surface area (Å²) in [5.74, 6) is 1.88. The van der Waals surface area contributed by atoms with Crippen LogP contribution < -0.4 is 0 Å². The molecule has 0 aromatic carbocycles. The van der Waals surface area contributed by atoms with E-state index in [0.29, 0.717) is 12.8 Å². The van der Waals surface area contributed by atoms with Crippen molar-refractivity contribution in [1.82, 2.24) is 4.90 Å². The zero-order valence-electron chi connectivity index (χ0n) is 9.11. The molecule has 3 heteroatoms. The zero-order valence-corrected chi connectivity index (χ0v) is 9.11. The maximum atomic E-state index is 11.7. The summed E-state index contributed by atoms with van der Waals surface area (Å²) in [5.41, 5.74) is 0. The lowest BCUT2D eigenvalue weighted by Gasteiger charge is -2.16. The summed E-state index contributed by atoms with van der Waals surface area (Å²) in [7, 11) is 1.89. The van der Waals surface area contributed by atoms with E-state index in [1.165, 1.54) is 12.8 Å². The van der Waals surface area contributed by atoms with E-state index in [0.717, 1.165) is 18.2 Å². The van der Waals surface area contributed by atoms with Crippen LogP contribution in [0.4, 0.5) is 0 Å². The van der Waals surface area contributed by atoms with Crippen molar-refractivity contribution >= 4 is 5.91 Å². The minimum Gasteiger partial charge on any atom is -0.469 e. The lowest BCUT2D eigenvalue weighted by Crippen LogP contribution is -2.28. The minimum absolute atomic E-state index is 0.221. The predicted octanol–water partition coefficient (Wildman–Crippen LogP) is 2.08. The first-order valence-corrected chi connectivity index (χ1v) is 5.52. The van der Waals surface area contributed by atoms with Gasteiger partial charge in [-0.25, -0.2) is 0 Å². The summed E-state index contributed by atoms with van der Waals surface area (Å²) < 4.78 is 5.19. The number of rotatable bonds is 5. The second kappa shape index (κ2) is 4.51. The molecular weight excluding hydrogens is 190 g/mol. The molecule has 3 nitrogen and oxygen atoms in total. The van der Waals surface area contributed by atoms with Crippen molar-refractivity contribution < 1.29 is 9.21 Å². The molecule has 1 amide bonds. The Morgan fingerprint density at radius 2 is 2.40 bits per heavy atom. The van der Waals surface area contributed by atoms with Crippen LogP contribution in [-0.2, 0) is 11.2 Å². The molecule has 0 aliphatic heterocycles. The Balaban J connectivity index is 1.71. The number of carbonyl (C=O) groups is 1. The minimum atomic E-state index is 0.221. The molecule has 1 aromatic rings. The normalized spacial score (nSPS) is 15.3. The van der Waals surface area contributed by atoms with Crippen LogP contribution in [0, 0.1) is 5.92 Å². The third-order valence-corrected chi connectivity index (χ3v) is 2.82. The van der Waals surface area contributed by atoms with Crippen molar-refractivity contribution in [3.8, 4) is 0 Å². The van der Waals surface area contributed by atoms with E-state index < -0.39 is 0 Å². The van der Waals surface area contributed by atoms with Gasteiger partial charge in [-0.2, -0.15) is 0 Å². The molecule has 1 aromatic heterocycles. The molecule has 0 spiro atoms. The highest BCUT2D eigenvalue weighted by Crippen LogP contribution is 2.29. The predicted molar refractivity (Wildman–Crippen MR) is 57.4 cm³/mol. The molecule has 15 heavy (non-hydrogen) atoms. The summed E-state index contributed by atoms with van der Waals surface area (Å²) in [6.07, 6.45) is 5.48. The topological polar surface area (TPSA) is 33.5 Å². The summed E-state index contributed by atoms with van der Waals surface area (Å²) in [6, 6.07) is 3.77. The molecule has 2 rings (SSSR count). The zero-order chi connectivity index (χ0) is 10.7. The molecule has 0 saturated heterocycles. The largest absolute Gasteiger partial charge is 0.469 e. The van der Waals surface area contributed by atoms with Crippen LogP contribution in [-0.4, -0.2) is 24.4 Å². The van der Waals surface area contributed by atoms with E-state index in [1.54, 1.807) is 6.26 Å². The molecule has 82 valence electrons. The molecule has 1 aliphatic carbocycles. The average molecular weight is 207 g/mol. The fourth-order valence-corrected chi connectivity index (χ4v) is 1.67. The molecule has 1 aliphatic rings. The van der Waals surface area contributed by atoms with Crippen LogP contribution in [0.1, 0.15) is 25.0 Å². The van der Waals surface area contributed by atoms with Crippen LogP contribution >= 0.6 is 0 Å². The van der Waals surface area contributed by atoms with Gasteiger partial charge in [-0.3, -0.25) is 4.79 Å². The van der Waals surface area contributed by atoms with Gasteiger partial charge >= 0.3 is 0 Å². The van der Waals surface area contributed by atoms with Crippen molar-refractivity contribution in [2.45, 2.75) is 25.7 Å². The van der Waals surface area contributed by atoms with Crippen molar-refractivity contribution in [2.75, 3.05) is 13.6 Å². The summed E-state index contributed by atoms with van der Waals surface area (Å²) in [4.78, 5) is 13.5. The first kappa shape index (κ1) is 10.3. The molecule has 0 radical (unpaired) electrons. The maximum absolute atomic E-state index is 11.7. The van der Waals surface area contributed by atoms with Crippen molar-refractivity contribution in [3.05, 3.63) is 24.2 Å². The highest BCUT2D eigenvalue weighted by molar-refractivity contribution is 5.76. The van der Waals surface area contributed by atoms with Crippen LogP contribution in [0.3, 0.4) is 0 Å². The standard InChI is InChI=1S/C12H17NO2/c1-13(9-10-4-5-10)12(14)7-6-11-3-2-8-15-11/h2-3,8,10H,4-7,9H2,1H3. The van der Waals surface area contributed by atoms with Gasteiger partial charge < -0.3 is 9.32 Å². The molecule has 0 bridgehead atoms. The van der Waals surface area contributed by atoms with Crippen LogP contribution in [0.25, 0.3) is 0 Å². The van der Waals surface area contributed by atoms with Crippen molar-refractivity contribution in [3.63, 3.8) is 0 Å². The van der Waals surface area contributed by atoms with E-state index in [1.807, 2.05) is 24.1 Å². The highest BCUT2D eigenvalue weighted by atomic mass is 16.3. The first-order valence-electron chi connectivity index (χ1n) is 5.52. The fourth-order valence-electron chi connectivity index (χ4n) is 1.67. The third-order valence-electron chi connectivity index (χ3n) is 2.82. The lowest BCUT2D eigenvalue weighted by atomic mass is 10.2. The Morgan fingerprint density at radius 1 is 1.60 bits per heavy atom. The van der Waals surface area contributed by atoms with Gasteiger partial charge in [-0.05, 0) is 30.9 Å². The Kier molecular flexibility index (Phi) is 3.09. The monoisotopic (exact) mass is 207 g/mol. The number of aryl methyl sites for hydroxylation is 1. The summed E-state index contributed by atoms with van der Waals surface area (Å²) in [5, 5.41) is 0. The summed E-state index contributed by atoms with van der Waals surface area (Å²) in [6.45, 7) is 0.928. The second-order valence-corrected chi connectivity index (χ2v) is 4.30. The Bertz CT molecular complexity index is 314. The van der Waals surface area contributed by atoms with Crippen LogP contribution in [0.2, 0.25) is 0 Å². The number of nitrogens with zero attached hydrogens (tertiary/aromatic N) is 1. The van der Waals surface area contributed by atoms with Gasteiger partial charge in [0.1, 0.15) is 5.76 Å². The van der Waals surface area contributed by atoms with Gasteiger partial charge in [0.2, 0.25) is 5.91 Å². The Hall–Kier alpha value is -1.25. The molecular formula is C12H17NO2. The quantitative estimate of drug-likeness (QED) is 0.740. The van der Waals surface area contributed by atoms with Crippen LogP contribution in [0.15, 0.2) is 22.8 Å². The van der Waals surface area contributed by atoms with Crippen molar-refractivity contribution in [1.29, 1.82) is 0 Å².